The van der Waals surface area contributed by atoms with Crippen LogP contribution in [0.15, 0.2) is 78.9 Å². The van der Waals surface area contributed by atoms with Gasteiger partial charge in [0.2, 0.25) is 11.8 Å². The Morgan fingerprint density at radius 2 is 1.63 bits per heavy atom. The molecular formula is C26H23F3N6O3. The second-order valence-corrected chi connectivity index (χ2v) is 7.87. The third kappa shape index (κ3) is 6.89. The molecule has 1 heterocycles. The number of nitrogens with one attached hydrogen (secondary N) is 2. The summed E-state index contributed by atoms with van der Waals surface area (Å²) in [5, 5.41) is 4.92. The molecule has 6 N–H and O–H groups in total. The van der Waals surface area contributed by atoms with Crippen LogP contribution in [0.1, 0.15) is 5.56 Å². The van der Waals surface area contributed by atoms with Crippen LogP contribution in [0, 0.1) is 0 Å². The number of hydrogen-bond acceptors (Lipinski definition) is 7. The van der Waals surface area contributed by atoms with Crippen LogP contribution in [0.2, 0.25) is 0 Å². The van der Waals surface area contributed by atoms with Gasteiger partial charge in [-0.25, -0.2) is 9.78 Å². The monoisotopic (exact) mass is 524 g/mol. The molecule has 38 heavy (non-hydrogen) atoms. The summed E-state index contributed by atoms with van der Waals surface area (Å²) in [6.45, 7) is 0.686. The number of urea groups is 1. The van der Waals surface area contributed by atoms with Gasteiger partial charge in [-0.2, -0.15) is 18.2 Å². The van der Waals surface area contributed by atoms with Crippen molar-refractivity contribution in [3.8, 4) is 28.6 Å². The quantitative estimate of drug-likeness (QED) is 0.238. The van der Waals surface area contributed by atoms with Gasteiger partial charge in [-0.15, -0.1) is 0 Å². The number of amides is 2. The molecule has 2 amide bonds. The molecule has 0 atom stereocenters. The number of carbonyl (C=O) groups excluding carboxylic acids is 1. The number of nitrogens with two attached hydrogens (primary N) is 2. The molecule has 0 unspecified atom stereocenters. The Balaban J connectivity index is 1.43. The third-order valence-corrected chi connectivity index (χ3v) is 5.04. The minimum atomic E-state index is -4.51. The molecule has 1 aromatic heterocycles. The summed E-state index contributed by atoms with van der Waals surface area (Å²) < 4.78 is 50.1. The smallest absolute Gasteiger partial charge is 0.416 e. The van der Waals surface area contributed by atoms with Gasteiger partial charge in [0.1, 0.15) is 18.1 Å². The van der Waals surface area contributed by atoms with Crippen molar-refractivity contribution in [3.63, 3.8) is 0 Å². The van der Waals surface area contributed by atoms with Crippen molar-refractivity contribution >= 4 is 23.4 Å². The van der Waals surface area contributed by atoms with E-state index in [1.54, 1.807) is 36.4 Å². The number of alkyl halides is 3. The number of carbonyl (C=O) groups is 1. The number of para-hydroxylation sites is 1. The molecule has 0 saturated heterocycles. The lowest BCUT2D eigenvalue weighted by molar-refractivity contribution is -0.137. The molecule has 12 heteroatoms. The van der Waals surface area contributed by atoms with Crippen molar-refractivity contribution in [2.24, 2.45) is 5.73 Å². The van der Waals surface area contributed by atoms with Gasteiger partial charge < -0.3 is 31.6 Å². The van der Waals surface area contributed by atoms with Crippen molar-refractivity contribution in [3.05, 3.63) is 84.4 Å². The van der Waals surface area contributed by atoms with E-state index in [2.05, 4.69) is 20.6 Å². The van der Waals surface area contributed by atoms with Crippen LogP contribution in [-0.2, 0) is 6.18 Å². The SMILES string of the molecule is NCCOc1ccccc1-c1cc(Oc2ccc(NC(=O)Nc3cccc(C(F)(F)F)c3)cc2)nc(N)n1. The number of aromatic nitrogens is 2. The van der Waals surface area contributed by atoms with E-state index in [1.165, 1.54) is 12.1 Å². The zero-order chi connectivity index (χ0) is 27.1. The Bertz CT molecular complexity index is 1410. The van der Waals surface area contributed by atoms with Crippen LogP contribution in [0.3, 0.4) is 0 Å². The zero-order valence-electron chi connectivity index (χ0n) is 19.8. The van der Waals surface area contributed by atoms with Crippen molar-refractivity contribution < 1.29 is 27.4 Å². The third-order valence-electron chi connectivity index (χ3n) is 5.04. The first-order chi connectivity index (χ1) is 18.2. The predicted octanol–water partition coefficient (Wildman–Crippen LogP) is 5.52. The summed E-state index contributed by atoms with van der Waals surface area (Å²) in [7, 11) is 0. The van der Waals surface area contributed by atoms with Gasteiger partial charge in [0.15, 0.2) is 0 Å². The largest absolute Gasteiger partial charge is 0.492 e. The number of anilines is 3. The van der Waals surface area contributed by atoms with Gasteiger partial charge in [-0.1, -0.05) is 18.2 Å². The standard InChI is InChI=1S/C26H23F3N6O3/c27-26(28,29)16-4-3-5-18(14-16)33-25(36)32-17-8-10-19(11-9-17)38-23-15-21(34-24(31)35-23)20-6-1-2-7-22(20)37-13-12-30/h1-11,14-15H,12-13,30H2,(H2,31,34,35)(H2,32,33,36). The lowest BCUT2D eigenvalue weighted by Crippen LogP contribution is -2.19. The van der Waals surface area contributed by atoms with Crippen molar-refractivity contribution in [2.75, 3.05) is 29.5 Å². The van der Waals surface area contributed by atoms with E-state index in [0.717, 1.165) is 12.1 Å². The highest BCUT2D eigenvalue weighted by Crippen LogP contribution is 2.32. The first kappa shape index (κ1) is 26.2. The van der Waals surface area contributed by atoms with Crippen LogP contribution in [-0.4, -0.2) is 29.2 Å². The molecule has 0 bridgehead atoms. The summed E-state index contributed by atoms with van der Waals surface area (Å²) >= 11 is 0. The Labute approximate surface area is 215 Å². The Morgan fingerprint density at radius 1 is 0.895 bits per heavy atom. The van der Waals surface area contributed by atoms with Crippen LogP contribution in [0.4, 0.5) is 35.3 Å². The van der Waals surface area contributed by atoms with E-state index in [9.17, 15) is 18.0 Å². The molecule has 4 aromatic rings. The van der Waals surface area contributed by atoms with Crippen LogP contribution in [0.25, 0.3) is 11.3 Å². The van der Waals surface area contributed by atoms with Gasteiger partial charge >= 0.3 is 12.2 Å². The molecule has 0 spiro atoms. The molecule has 0 radical (unpaired) electrons. The topological polar surface area (TPSA) is 137 Å². The summed E-state index contributed by atoms with van der Waals surface area (Å²) in [5.74, 6) is 1.16. The molecule has 3 aromatic carbocycles. The van der Waals surface area contributed by atoms with Crippen LogP contribution in [0.5, 0.6) is 17.4 Å². The molecule has 0 saturated carbocycles. The maximum Gasteiger partial charge on any atom is 0.416 e. The van der Waals surface area contributed by atoms with E-state index in [1.807, 2.05) is 18.2 Å². The normalized spacial score (nSPS) is 11.1. The van der Waals surface area contributed by atoms with Crippen molar-refractivity contribution in [2.45, 2.75) is 6.18 Å². The van der Waals surface area contributed by atoms with Gasteiger partial charge in [0.05, 0.1) is 11.3 Å². The summed E-state index contributed by atoms with van der Waals surface area (Å²) in [6, 6.07) is 18.8. The van der Waals surface area contributed by atoms with E-state index < -0.39 is 17.8 Å². The van der Waals surface area contributed by atoms with Crippen LogP contribution >= 0.6 is 0 Å². The number of benzene rings is 3. The fourth-order valence-corrected chi connectivity index (χ4v) is 3.40. The number of nitrogens with zero attached hydrogens (tertiary/aromatic N) is 2. The molecule has 0 aliphatic rings. The number of ether oxygens (including phenoxy) is 2. The van der Waals surface area contributed by atoms with Gasteiger partial charge in [0, 0.05) is 29.5 Å². The first-order valence-corrected chi connectivity index (χ1v) is 11.3. The van der Waals surface area contributed by atoms with Gasteiger partial charge in [0.25, 0.3) is 0 Å². The predicted molar refractivity (Wildman–Crippen MR) is 137 cm³/mol. The fourth-order valence-electron chi connectivity index (χ4n) is 3.40. The number of nitrogen functional groups attached to an aromatic ring is 1. The minimum Gasteiger partial charge on any atom is -0.492 e. The summed E-state index contributed by atoms with van der Waals surface area (Å²) in [4.78, 5) is 20.6. The van der Waals surface area contributed by atoms with E-state index >= 15 is 0 Å². The van der Waals surface area contributed by atoms with Crippen LogP contribution < -0.4 is 31.6 Å². The molecule has 4 rings (SSSR count). The molecule has 0 fully saturated rings. The Kier molecular flexibility index (Phi) is 7.92. The number of rotatable bonds is 8. The summed E-state index contributed by atoms with van der Waals surface area (Å²) in [6.07, 6.45) is -4.51. The molecule has 0 aliphatic carbocycles. The average Bonchev–Trinajstić information content (AvgIpc) is 2.88. The highest BCUT2D eigenvalue weighted by molar-refractivity contribution is 5.99. The minimum absolute atomic E-state index is 0.00400. The second kappa shape index (κ2) is 11.5. The number of halogens is 3. The van der Waals surface area contributed by atoms with E-state index in [-0.39, 0.29) is 17.5 Å². The molecule has 0 aliphatic heterocycles. The average molecular weight is 525 g/mol. The lowest BCUT2D eigenvalue weighted by Gasteiger charge is -2.12. The maximum atomic E-state index is 12.9. The van der Waals surface area contributed by atoms with Crippen molar-refractivity contribution in [1.29, 1.82) is 0 Å². The second-order valence-electron chi connectivity index (χ2n) is 7.87. The number of hydrogen-bond donors (Lipinski definition) is 4. The highest BCUT2D eigenvalue weighted by atomic mass is 19.4. The molecular weight excluding hydrogens is 501 g/mol. The highest BCUT2D eigenvalue weighted by Gasteiger charge is 2.30. The van der Waals surface area contributed by atoms with E-state index in [0.29, 0.717) is 41.6 Å². The lowest BCUT2D eigenvalue weighted by atomic mass is 10.1. The zero-order valence-corrected chi connectivity index (χ0v) is 19.8. The molecule has 196 valence electrons. The summed E-state index contributed by atoms with van der Waals surface area (Å²) in [5.41, 5.74) is 12.1. The van der Waals surface area contributed by atoms with Crippen molar-refractivity contribution in [1.82, 2.24) is 9.97 Å². The Morgan fingerprint density at radius 3 is 2.37 bits per heavy atom. The fraction of sp³-hybridized carbons (Fsp3) is 0.115. The Hall–Kier alpha value is -4.84. The van der Waals surface area contributed by atoms with Gasteiger partial charge in [-0.3, -0.25) is 0 Å². The van der Waals surface area contributed by atoms with Gasteiger partial charge in [-0.05, 0) is 54.6 Å². The first-order valence-electron chi connectivity index (χ1n) is 11.3. The molecule has 9 nitrogen and oxygen atoms in total. The maximum absolute atomic E-state index is 12.9. The van der Waals surface area contributed by atoms with E-state index in [4.69, 9.17) is 20.9 Å².